The molecule has 0 aliphatic rings. The molecule has 1 unspecified atom stereocenters. The van der Waals surface area contributed by atoms with Crippen molar-refractivity contribution in [2.24, 2.45) is 0 Å². The molecule has 0 aromatic carbocycles. The standard InChI is InChI=1S/C14H26N2O2S2/c1-9(2)12-11(8-15-14(4,5)6)19-13(16-12)10(3)20(7,17)18/h9-10,15H,8H2,1-7H3. The first kappa shape index (κ1) is 17.6. The number of nitrogens with one attached hydrogen (secondary N) is 1. The lowest BCUT2D eigenvalue weighted by Gasteiger charge is -2.20. The zero-order valence-electron chi connectivity index (χ0n) is 13.4. The number of aromatic nitrogens is 1. The Kier molecular flexibility index (Phi) is 5.38. The molecule has 1 heterocycles. The monoisotopic (exact) mass is 318 g/mol. The van der Waals surface area contributed by atoms with Crippen LogP contribution >= 0.6 is 11.3 Å². The minimum Gasteiger partial charge on any atom is -0.307 e. The van der Waals surface area contributed by atoms with Crippen LogP contribution in [0.2, 0.25) is 0 Å². The molecule has 1 aromatic heterocycles. The fourth-order valence-corrected chi connectivity index (χ4v) is 3.84. The van der Waals surface area contributed by atoms with Crippen molar-refractivity contribution in [1.29, 1.82) is 0 Å². The predicted octanol–water partition coefficient (Wildman–Crippen LogP) is 3.26. The van der Waals surface area contributed by atoms with E-state index in [2.05, 4.69) is 44.9 Å². The fourth-order valence-electron chi connectivity index (χ4n) is 1.66. The van der Waals surface area contributed by atoms with Gasteiger partial charge in [0.15, 0.2) is 9.84 Å². The lowest BCUT2D eigenvalue weighted by atomic mass is 10.1. The second kappa shape index (κ2) is 6.12. The van der Waals surface area contributed by atoms with E-state index in [9.17, 15) is 8.42 Å². The van der Waals surface area contributed by atoms with E-state index >= 15 is 0 Å². The van der Waals surface area contributed by atoms with Gasteiger partial charge in [-0.2, -0.15) is 0 Å². The molecule has 1 atom stereocenters. The van der Waals surface area contributed by atoms with E-state index in [1.165, 1.54) is 17.6 Å². The van der Waals surface area contributed by atoms with Gasteiger partial charge in [0.1, 0.15) is 10.3 Å². The van der Waals surface area contributed by atoms with Crippen LogP contribution < -0.4 is 5.32 Å². The van der Waals surface area contributed by atoms with E-state index in [4.69, 9.17) is 0 Å². The van der Waals surface area contributed by atoms with Gasteiger partial charge in [0.05, 0.1) is 5.69 Å². The molecule has 6 heteroatoms. The summed E-state index contributed by atoms with van der Waals surface area (Å²) in [5, 5.41) is 3.61. The van der Waals surface area contributed by atoms with Crippen molar-refractivity contribution < 1.29 is 8.42 Å². The van der Waals surface area contributed by atoms with Crippen molar-refractivity contribution in [3.05, 3.63) is 15.6 Å². The molecule has 0 saturated heterocycles. The average molecular weight is 319 g/mol. The van der Waals surface area contributed by atoms with Gasteiger partial charge >= 0.3 is 0 Å². The molecule has 1 rings (SSSR count). The van der Waals surface area contributed by atoms with E-state index in [1.54, 1.807) is 6.92 Å². The van der Waals surface area contributed by atoms with Crippen LogP contribution in [0.15, 0.2) is 0 Å². The van der Waals surface area contributed by atoms with E-state index in [0.717, 1.165) is 17.1 Å². The van der Waals surface area contributed by atoms with Gasteiger partial charge in [0.25, 0.3) is 0 Å². The van der Waals surface area contributed by atoms with Gasteiger partial charge in [-0.3, -0.25) is 0 Å². The molecule has 0 aliphatic carbocycles. The molecular formula is C14H26N2O2S2. The van der Waals surface area contributed by atoms with E-state index in [1.807, 2.05) is 0 Å². The Hall–Kier alpha value is -0.460. The summed E-state index contributed by atoms with van der Waals surface area (Å²) in [6, 6.07) is 0. The highest BCUT2D eigenvalue weighted by Crippen LogP contribution is 2.31. The first-order valence-electron chi connectivity index (χ1n) is 6.85. The van der Waals surface area contributed by atoms with Crippen LogP contribution in [0.3, 0.4) is 0 Å². The first-order chi connectivity index (χ1) is 8.92. The van der Waals surface area contributed by atoms with E-state index < -0.39 is 15.1 Å². The molecule has 1 N–H and O–H groups in total. The summed E-state index contributed by atoms with van der Waals surface area (Å²) in [6.07, 6.45) is 1.27. The Labute approximate surface area is 126 Å². The zero-order chi connectivity index (χ0) is 15.7. The third-order valence-corrected chi connectivity index (χ3v) is 5.97. The van der Waals surface area contributed by atoms with Crippen molar-refractivity contribution >= 4 is 21.2 Å². The van der Waals surface area contributed by atoms with Gasteiger partial charge in [0, 0.05) is 23.2 Å². The summed E-state index contributed by atoms with van der Waals surface area (Å²) in [6.45, 7) is 13.0. The minimum absolute atomic E-state index is 0.0286. The highest BCUT2D eigenvalue weighted by Gasteiger charge is 2.24. The normalized spacial score (nSPS) is 14.8. The molecule has 0 saturated carbocycles. The second-order valence-electron chi connectivity index (χ2n) is 6.59. The fraction of sp³-hybridized carbons (Fsp3) is 0.786. The molecule has 0 aliphatic heterocycles. The van der Waals surface area contributed by atoms with Crippen LogP contribution in [-0.4, -0.2) is 25.2 Å². The van der Waals surface area contributed by atoms with Crippen LogP contribution in [0.1, 0.15) is 68.3 Å². The summed E-state index contributed by atoms with van der Waals surface area (Å²) in [5.74, 6) is 0.295. The first-order valence-corrected chi connectivity index (χ1v) is 9.62. The van der Waals surface area contributed by atoms with E-state index in [-0.39, 0.29) is 5.54 Å². The maximum Gasteiger partial charge on any atom is 0.156 e. The molecule has 0 bridgehead atoms. The van der Waals surface area contributed by atoms with E-state index in [0.29, 0.717) is 10.9 Å². The van der Waals surface area contributed by atoms with Gasteiger partial charge in [-0.1, -0.05) is 13.8 Å². The SMILES string of the molecule is CC(C)c1nc(C(C)S(C)(=O)=O)sc1CNC(C)(C)C. The average Bonchev–Trinajstić information content (AvgIpc) is 2.66. The van der Waals surface area contributed by atoms with Gasteiger partial charge in [-0.05, 0) is 33.6 Å². The third-order valence-electron chi connectivity index (χ3n) is 3.06. The van der Waals surface area contributed by atoms with Crippen LogP contribution in [0, 0.1) is 0 Å². The summed E-state index contributed by atoms with van der Waals surface area (Å²) < 4.78 is 23.4. The number of sulfone groups is 1. The molecule has 116 valence electrons. The Morgan fingerprint density at radius 2 is 1.80 bits per heavy atom. The Bertz CT molecular complexity index is 554. The molecule has 1 aromatic rings. The van der Waals surface area contributed by atoms with Crippen LogP contribution in [0.4, 0.5) is 0 Å². The van der Waals surface area contributed by atoms with Gasteiger partial charge in [0.2, 0.25) is 0 Å². The Morgan fingerprint density at radius 3 is 2.20 bits per heavy atom. The molecule has 0 fully saturated rings. The number of thiazole rings is 1. The lowest BCUT2D eigenvalue weighted by Crippen LogP contribution is -2.35. The van der Waals surface area contributed by atoms with Crippen molar-refractivity contribution in [1.82, 2.24) is 10.3 Å². The summed E-state index contributed by atoms with van der Waals surface area (Å²) in [7, 11) is -3.10. The van der Waals surface area contributed by atoms with Crippen molar-refractivity contribution in [2.75, 3.05) is 6.26 Å². The maximum absolute atomic E-state index is 11.7. The highest BCUT2D eigenvalue weighted by molar-refractivity contribution is 7.91. The predicted molar refractivity (Wildman–Crippen MR) is 86.1 cm³/mol. The Morgan fingerprint density at radius 1 is 1.25 bits per heavy atom. The van der Waals surface area contributed by atoms with Gasteiger partial charge < -0.3 is 5.32 Å². The minimum atomic E-state index is -3.10. The van der Waals surface area contributed by atoms with Gasteiger partial charge in [-0.25, -0.2) is 13.4 Å². The van der Waals surface area contributed by atoms with Gasteiger partial charge in [-0.15, -0.1) is 11.3 Å². The third kappa shape index (κ3) is 4.82. The Balaban J connectivity index is 3.08. The van der Waals surface area contributed by atoms with Crippen molar-refractivity contribution in [3.8, 4) is 0 Å². The molecule has 0 spiro atoms. The maximum atomic E-state index is 11.7. The highest BCUT2D eigenvalue weighted by atomic mass is 32.2. The van der Waals surface area contributed by atoms with Crippen LogP contribution in [-0.2, 0) is 16.4 Å². The number of rotatable bonds is 5. The molecule has 0 radical (unpaired) electrons. The zero-order valence-corrected chi connectivity index (χ0v) is 15.1. The molecule has 4 nitrogen and oxygen atoms in total. The number of hydrogen-bond donors (Lipinski definition) is 1. The number of nitrogens with zero attached hydrogens (tertiary/aromatic N) is 1. The summed E-state index contributed by atoms with van der Waals surface area (Å²) >= 11 is 1.51. The van der Waals surface area contributed by atoms with Crippen LogP contribution in [0.25, 0.3) is 0 Å². The van der Waals surface area contributed by atoms with Crippen LogP contribution in [0.5, 0.6) is 0 Å². The van der Waals surface area contributed by atoms with Crippen molar-refractivity contribution in [3.63, 3.8) is 0 Å². The molecule has 20 heavy (non-hydrogen) atoms. The quantitative estimate of drug-likeness (QED) is 0.905. The smallest absolute Gasteiger partial charge is 0.156 e. The second-order valence-corrected chi connectivity index (χ2v) is 10.1. The summed E-state index contributed by atoms with van der Waals surface area (Å²) in [4.78, 5) is 5.72. The summed E-state index contributed by atoms with van der Waals surface area (Å²) in [5.41, 5.74) is 1.04. The molecule has 0 amide bonds. The largest absolute Gasteiger partial charge is 0.307 e. The van der Waals surface area contributed by atoms with Crippen molar-refractivity contribution in [2.45, 2.75) is 64.8 Å². The number of hydrogen-bond acceptors (Lipinski definition) is 5. The lowest BCUT2D eigenvalue weighted by molar-refractivity contribution is 0.425. The topological polar surface area (TPSA) is 59.1 Å². The molecular weight excluding hydrogens is 292 g/mol.